The number of aromatic nitrogens is 1. The quantitative estimate of drug-likeness (QED) is 0.543. The van der Waals surface area contributed by atoms with Crippen LogP contribution in [0.3, 0.4) is 0 Å². The second-order valence-electron chi connectivity index (χ2n) is 7.27. The van der Waals surface area contributed by atoms with Gasteiger partial charge in [-0.2, -0.15) is 0 Å². The molecule has 4 rings (SSSR count). The largest absolute Gasteiger partial charge is 0.361 e. The van der Waals surface area contributed by atoms with E-state index >= 15 is 0 Å². The van der Waals surface area contributed by atoms with Crippen LogP contribution in [-0.2, 0) is 6.54 Å². The molecule has 2 heterocycles. The highest BCUT2D eigenvalue weighted by Crippen LogP contribution is 2.36. The van der Waals surface area contributed by atoms with Crippen LogP contribution in [0, 0.1) is 6.92 Å². The fourth-order valence-corrected chi connectivity index (χ4v) is 4.28. The Bertz CT molecular complexity index is 928. The molecule has 5 heteroatoms. The number of nitrogens with zero attached hydrogens (tertiary/aromatic N) is 3. The smallest absolute Gasteiger partial charge is 0.0670 e. The van der Waals surface area contributed by atoms with E-state index in [1.807, 2.05) is 36.5 Å². The third-order valence-electron chi connectivity index (χ3n) is 5.24. The molecule has 0 unspecified atom stereocenters. The molecule has 0 spiro atoms. The molecule has 3 nitrogen and oxygen atoms in total. The number of benzene rings is 2. The van der Waals surface area contributed by atoms with Crippen molar-refractivity contribution in [2.24, 2.45) is 0 Å². The third kappa shape index (κ3) is 4.33. The van der Waals surface area contributed by atoms with E-state index in [1.165, 1.54) is 11.1 Å². The van der Waals surface area contributed by atoms with Gasteiger partial charge in [0.15, 0.2) is 0 Å². The molecule has 1 saturated heterocycles. The SMILES string of the molecule is Cc1ccc(N2CCN(Cc3ccccn3)C[C@H]2c2ccc(Cl)cc2)c(Cl)c1. The Morgan fingerprint density at radius 2 is 1.82 bits per heavy atom. The van der Waals surface area contributed by atoms with Gasteiger partial charge in [-0.05, 0) is 54.4 Å². The van der Waals surface area contributed by atoms with E-state index in [9.17, 15) is 0 Å². The number of pyridine rings is 1. The van der Waals surface area contributed by atoms with E-state index in [0.717, 1.165) is 47.6 Å². The summed E-state index contributed by atoms with van der Waals surface area (Å²) in [4.78, 5) is 9.36. The van der Waals surface area contributed by atoms with Crippen molar-refractivity contribution in [1.82, 2.24) is 9.88 Å². The van der Waals surface area contributed by atoms with Gasteiger partial charge in [0.05, 0.1) is 22.4 Å². The number of anilines is 1. The summed E-state index contributed by atoms with van der Waals surface area (Å²) in [5.41, 5.74) is 4.60. The number of piperazine rings is 1. The molecule has 1 fully saturated rings. The van der Waals surface area contributed by atoms with Crippen molar-refractivity contribution in [2.45, 2.75) is 19.5 Å². The number of aryl methyl sites for hydroxylation is 1. The number of rotatable bonds is 4. The van der Waals surface area contributed by atoms with E-state index in [4.69, 9.17) is 23.2 Å². The minimum atomic E-state index is 0.204. The molecular weight excluding hydrogens is 389 g/mol. The first-order valence-corrected chi connectivity index (χ1v) is 10.3. The van der Waals surface area contributed by atoms with Gasteiger partial charge in [0, 0.05) is 37.4 Å². The second-order valence-corrected chi connectivity index (χ2v) is 8.12. The van der Waals surface area contributed by atoms with Crippen LogP contribution in [-0.4, -0.2) is 29.5 Å². The maximum atomic E-state index is 6.62. The lowest BCUT2D eigenvalue weighted by Crippen LogP contribution is -2.48. The van der Waals surface area contributed by atoms with Crippen molar-refractivity contribution in [2.75, 3.05) is 24.5 Å². The zero-order valence-corrected chi connectivity index (χ0v) is 17.4. The summed E-state index contributed by atoms with van der Waals surface area (Å²) < 4.78 is 0. The summed E-state index contributed by atoms with van der Waals surface area (Å²) in [6.07, 6.45) is 1.86. The molecule has 0 bridgehead atoms. The molecule has 1 atom stereocenters. The van der Waals surface area contributed by atoms with Crippen LogP contribution in [0.25, 0.3) is 0 Å². The van der Waals surface area contributed by atoms with Crippen molar-refractivity contribution in [1.29, 1.82) is 0 Å². The minimum Gasteiger partial charge on any atom is -0.361 e. The van der Waals surface area contributed by atoms with Crippen LogP contribution < -0.4 is 4.90 Å². The molecule has 0 radical (unpaired) electrons. The van der Waals surface area contributed by atoms with Gasteiger partial charge < -0.3 is 4.90 Å². The lowest BCUT2D eigenvalue weighted by atomic mass is 10.0. The van der Waals surface area contributed by atoms with E-state index in [2.05, 4.69) is 52.0 Å². The predicted molar refractivity (Wildman–Crippen MR) is 117 cm³/mol. The molecule has 1 aliphatic rings. The maximum Gasteiger partial charge on any atom is 0.0670 e. The van der Waals surface area contributed by atoms with Crippen molar-refractivity contribution < 1.29 is 0 Å². The normalized spacial score (nSPS) is 17.7. The molecule has 144 valence electrons. The zero-order chi connectivity index (χ0) is 19.5. The Morgan fingerprint density at radius 3 is 2.54 bits per heavy atom. The van der Waals surface area contributed by atoms with Gasteiger partial charge in [-0.1, -0.05) is 47.5 Å². The minimum absolute atomic E-state index is 0.204. The Kier molecular flexibility index (Phi) is 5.86. The Morgan fingerprint density at radius 1 is 1.00 bits per heavy atom. The highest BCUT2D eigenvalue weighted by molar-refractivity contribution is 6.33. The van der Waals surface area contributed by atoms with Crippen molar-refractivity contribution >= 4 is 28.9 Å². The first-order chi connectivity index (χ1) is 13.6. The lowest BCUT2D eigenvalue weighted by molar-refractivity contribution is 0.213. The molecule has 3 aromatic rings. The number of hydrogen-bond donors (Lipinski definition) is 0. The molecule has 0 amide bonds. The zero-order valence-electron chi connectivity index (χ0n) is 15.9. The number of hydrogen-bond acceptors (Lipinski definition) is 3. The average molecular weight is 412 g/mol. The maximum absolute atomic E-state index is 6.62. The van der Waals surface area contributed by atoms with Gasteiger partial charge in [0.2, 0.25) is 0 Å². The first-order valence-electron chi connectivity index (χ1n) is 9.51. The molecule has 1 aromatic heterocycles. The van der Waals surface area contributed by atoms with E-state index in [-0.39, 0.29) is 6.04 Å². The highest BCUT2D eigenvalue weighted by atomic mass is 35.5. The fourth-order valence-electron chi connectivity index (χ4n) is 3.81. The second kappa shape index (κ2) is 8.52. The van der Waals surface area contributed by atoms with Gasteiger partial charge in [0.25, 0.3) is 0 Å². The van der Waals surface area contributed by atoms with Crippen molar-refractivity contribution in [3.63, 3.8) is 0 Å². The Hall–Kier alpha value is -2.07. The average Bonchev–Trinajstić information content (AvgIpc) is 2.70. The van der Waals surface area contributed by atoms with Gasteiger partial charge in [-0.25, -0.2) is 0 Å². The van der Waals surface area contributed by atoms with Crippen molar-refractivity contribution in [3.05, 3.63) is 93.7 Å². The lowest BCUT2D eigenvalue weighted by Gasteiger charge is -2.43. The summed E-state index contributed by atoms with van der Waals surface area (Å²) in [5.74, 6) is 0. The van der Waals surface area contributed by atoms with E-state index in [0.29, 0.717) is 0 Å². The van der Waals surface area contributed by atoms with Crippen LogP contribution in [0.1, 0.15) is 22.9 Å². The first kappa shape index (κ1) is 19.3. The van der Waals surface area contributed by atoms with Gasteiger partial charge in [-0.15, -0.1) is 0 Å². The van der Waals surface area contributed by atoms with Crippen molar-refractivity contribution in [3.8, 4) is 0 Å². The van der Waals surface area contributed by atoms with Crippen LogP contribution in [0.15, 0.2) is 66.9 Å². The van der Waals surface area contributed by atoms with Gasteiger partial charge in [0.1, 0.15) is 0 Å². The molecule has 2 aromatic carbocycles. The van der Waals surface area contributed by atoms with Gasteiger partial charge >= 0.3 is 0 Å². The molecule has 0 N–H and O–H groups in total. The summed E-state index contributed by atoms with van der Waals surface area (Å²) in [6, 6.07) is 20.7. The molecule has 0 aliphatic carbocycles. The van der Waals surface area contributed by atoms with Crippen LogP contribution >= 0.6 is 23.2 Å². The topological polar surface area (TPSA) is 19.4 Å². The monoisotopic (exact) mass is 411 g/mol. The summed E-state index contributed by atoms with van der Waals surface area (Å²) in [7, 11) is 0. The summed E-state index contributed by atoms with van der Waals surface area (Å²) in [6.45, 7) is 5.69. The summed E-state index contributed by atoms with van der Waals surface area (Å²) in [5, 5.41) is 1.56. The Labute approximate surface area is 176 Å². The van der Waals surface area contributed by atoms with Crippen LogP contribution in [0.5, 0.6) is 0 Å². The summed E-state index contributed by atoms with van der Waals surface area (Å²) >= 11 is 12.7. The molecular formula is C23H23Cl2N3. The van der Waals surface area contributed by atoms with E-state index < -0.39 is 0 Å². The predicted octanol–water partition coefficient (Wildman–Crippen LogP) is 5.76. The van der Waals surface area contributed by atoms with Gasteiger partial charge in [-0.3, -0.25) is 9.88 Å². The Balaban J connectivity index is 1.63. The third-order valence-corrected chi connectivity index (χ3v) is 5.80. The number of halogens is 2. The van der Waals surface area contributed by atoms with Crippen LogP contribution in [0.4, 0.5) is 5.69 Å². The van der Waals surface area contributed by atoms with Crippen LogP contribution in [0.2, 0.25) is 10.0 Å². The standard InChI is InChI=1S/C23H23Cl2N3/c1-17-5-10-22(21(25)14-17)28-13-12-27(15-20-4-2-3-11-26-20)16-23(28)18-6-8-19(24)9-7-18/h2-11,14,23H,12-13,15-16H2,1H3/t23-/m0/s1. The molecule has 28 heavy (non-hydrogen) atoms. The highest BCUT2D eigenvalue weighted by Gasteiger charge is 2.29. The molecule has 1 aliphatic heterocycles. The molecule has 0 saturated carbocycles. The van der Waals surface area contributed by atoms with E-state index in [1.54, 1.807) is 0 Å². The fraction of sp³-hybridized carbons (Fsp3) is 0.261.